The quantitative estimate of drug-likeness (QED) is 0.365. The third-order valence-corrected chi connectivity index (χ3v) is 2.67. The molecule has 0 heterocycles. The van der Waals surface area contributed by atoms with Gasteiger partial charge in [0.1, 0.15) is 0 Å². The molecule has 0 bridgehead atoms. The van der Waals surface area contributed by atoms with Gasteiger partial charge in [0.05, 0.1) is 12.6 Å². The Morgan fingerprint density at radius 3 is 2.39 bits per heavy atom. The van der Waals surface area contributed by atoms with Gasteiger partial charge in [0.2, 0.25) is 5.76 Å². The van der Waals surface area contributed by atoms with Crippen LogP contribution in [0.3, 0.4) is 0 Å². The van der Waals surface area contributed by atoms with Gasteiger partial charge in [-0.1, -0.05) is 19.9 Å². The van der Waals surface area contributed by atoms with Crippen molar-refractivity contribution >= 4 is 5.71 Å². The SMILES string of the molecule is CCOC1=CC(N(CC)CC)C=CC1=[N+]=[N-].[Cl-].[Zn+2]. The van der Waals surface area contributed by atoms with Crippen molar-refractivity contribution < 1.29 is 41.4 Å². The van der Waals surface area contributed by atoms with Crippen molar-refractivity contribution in [2.24, 2.45) is 0 Å². The molecule has 0 saturated carbocycles. The molecular weight excluding hydrogens is 303 g/mol. The first-order valence-corrected chi connectivity index (χ1v) is 5.76. The summed E-state index contributed by atoms with van der Waals surface area (Å²) in [5.41, 5.74) is 9.32. The average Bonchev–Trinajstić information content (AvgIpc) is 2.31. The van der Waals surface area contributed by atoms with Crippen LogP contribution in [0.15, 0.2) is 24.0 Å². The largest absolute Gasteiger partial charge is 2.00 e. The fourth-order valence-corrected chi connectivity index (χ4v) is 1.80. The van der Waals surface area contributed by atoms with Gasteiger partial charge in [-0.05, 0) is 26.1 Å². The van der Waals surface area contributed by atoms with E-state index < -0.39 is 0 Å². The van der Waals surface area contributed by atoms with E-state index in [1.54, 1.807) is 6.08 Å². The minimum absolute atomic E-state index is 0. The van der Waals surface area contributed by atoms with Crippen LogP contribution in [0, 0.1) is 0 Å². The average molecular weight is 322 g/mol. The van der Waals surface area contributed by atoms with Crippen LogP contribution in [0.5, 0.6) is 0 Å². The Morgan fingerprint density at radius 2 is 1.94 bits per heavy atom. The predicted molar refractivity (Wildman–Crippen MR) is 64.2 cm³/mol. The topological polar surface area (TPSA) is 48.9 Å². The first kappa shape index (κ1) is 19.9. The number of nitrogens with zero attached hydrogens (tertiary/aromatic N) is 3. The van der Waals surface area contributed by atoms with E-state index in [1.165, 1.54) is 0 Å². The summed E-state index contributed by atoms with van der Waals surface area (Å²) in [7, 11) is 0. The van der Waals surface area contributed by atoms with Crippen LogP contribution in [0.1, 0.15) is 20.8 Å². The normalized spacial score (nSPS) is 17.4. The van der Waals surface area contributed by atoms with Gasteiger partial charge in [-0.25, -0.2) is 0 Å². The number of likely N-dealkylation sites (N-methyl/N-ethyl adjacent to an activating group) is 1. The molecule has 1 aliphatic rings. The molecule has 0 aromatic carbocycles. The first-order valence-electron chi connectivity index (χ1n) is 5.76. The zero-order valence-corrected chi connectivity index (χ0v) is 15.0. The van der Waals surface area contributed by atoms with Crippen LogP contribution in [0.2, 0.25) is 0 Å². The van der Waals surface area contributed by atoms with Crippen LogP contribution in [0.4, 0.5) is 0 Å². The molecule has 96 valence electrons. The van der Waals surface area contributed by atoms with Crippen LogP contribution in [-0.2, 0) is 24.2 Å². The maximum absolute atomic E-state index is 8.83. The zero-order chi connectivity index (χ0) is 12.0. The summed E-state index contributed by atoms with van der Waals surface area (Å²) in [6.45, 7) is 8.70. The van der Waals surface area contributed by atoms with Crippen molar-refractivity contribution in [2.45, 2.75) is 26.8 Å². The molecule has 0 saturated heterocycles. The zero-order valence-electron chi connectivity index (χ0n) is 11.3. The number of hydrogen-bond acceptors (Lipinski definition) is 2. The fraction of sp³-hybridized carbons (Fsp3) is 0.583. The molecule has 0 N–H and O–H groups in total. The number of allylic oxidation sites excluding steroid dienone is 1. The Labute approximate surface area is 128 Å². The van der Waals surface area contributed by atoms with E-state index in [0.29, 0.717) is 18.1 Å². The smallest absolute Gasteiger partial charge is 1.00 e. The van der Waals surface area contributed by atoms with Gasteiger partial charge >= 0.3 is 25.2 Å². The van der Waals surface area contributed by atoms with Crippen molar-refractivity contribution in [3.8, 4) is 0 Å². The molecule has 4 nitrogen and oxygen atoms in total. The molecule has 1 rings (SSSR count). The van der Waals surface area contributed by atoms with Crippen LogP contribution < -0.4 is 12.4 Å². The predicted octanol–water partition coefficient (Wildman–Crippen LogP) is -1.14. The van der Waals surface area contributed by atoms with E-state index in [4.69, 9.17) is 10.3 Å². The molecule has 0 fully saturated rings. The van der Waals surface area contributed by atoms with Gasteiger partial charge in [0.15, 0.2) is 0 Å². The number of rotatable bonds is 5. The Bertz CT molecular complexity index is 347. The Balaban J connectivity index is 0. The molecular formula is C12H19ClN3OZn+. The maximum atomic E-state index is 8.83. The molecule has 18 heavy (non-hydrogen) atoms. The van der Waals surface area contributed by atoms with Crippen molar-refractivity contribution in [2.75, 3.05) is 19.7 Å². The summed E-state index contributed by atoms with van der Waals surface area (Å²) in [6.07, 6.45) is 5.81. The van der Waals surface area contributed by atoms with Gasteiger partial charge < -0.3 is 22.7 Å². The van der Waals surface area contributed by atoms with Gasteiger partial charge in [0.25, 0.3) is 0 Å². The maximum Gasteiger partial charge on any atom is 2.00 e. The second-order valence-corrected chi connectivity index (χ2v) is 3.52. The summed E-state index contributed by atoms with van der Waals surface area (Å²) in [4.78, 5) is 5.51. The molecule has 0 aromatic heterocycles. The summed E-state index contributed by atoms with van der Waals surface area (Å²) in [5, 5.41) is 0. The number of halogens is 1. The molecule has 0 spiro atoms. The second kappa shape index (κ2) is 10.5. The fourth-order valence-electron chi connectivity index (χ4n) is 1.80. The third-order valence-electron chi connectivity index (χ3n) is 2.67. The van der Waals surface area contributed by atoms with Crippen LogP contribution in [-0.4, -0.2) is 41.1 Å². The third kappa shape index (κ3) is 5.03. The molecule has 1 atom stereocenters. The van der Waals surface area contributed by atoms with E-state index in [9.17, 15) is 0 Å². The summed E-state index contributed by atoms with van der Waals surface area (Å²) < 4.78 is 5.45. The van der Waals surface area contributed by atoms with E-state index in [1.807, 2.05) is 19.1 Å². The molecule has 0 aliphatic heterocycles. The summed E-state index contributed by atoms with van der Waals surface area (Å²) in [6, 6.07) is 0.224. The Hall–Kier alpha value is -0.467. The van der Waals surface area contributed by atoms with Crippen molar-refractivity contribution in [3.63, 3.8) is 0 Å². The van der Waals surface area contributed by atoms with Gasteiger partial charge in [-0.15, -0.1) is 0 Å². The second-order valence-electron chi connectivity index (χ2n) is 3.52. The summed E-state index contributed by atoms with van der Waals surface area (Å²) in [5.74, 6) is 0.657. The monoisotopic (exact) mass is 320 g/mol. The van der Waals surface area contributed by atoms with Crippen LogP contribution in [0.25, 0.3) is 5.53 Å². The molecule has 0 aromatic rings. The van der Waals surface area contributed by atoms with E-state index in [-0.39, 0.29) is 37.9 Å². The summed E-state index contributed by atoms with van der Waals surface area (Å²) >= 11 is 0. The standard InChI is InChI=1S/C12H19N3O.ClH.Zn/c1-4-15(5-2)10-7-8-11(14-13)12(9-10)16-6-3;;/h7-10H,4-6H2,1-3H3;1H;/q;;+2/p-1. The molecule has 0 amide bonds. The Morgan fingerprint density at radius 1 is 1.33 bits per heavy atom. The van der Waals surface area contributed by atoms with E-state index in [2.05, 4.69) is 23.5 Å². The molecule has 6 heteroatoms. The first-order chi connectivity index (χ1) is 7.76. The van der Waals surface area contributed by atoms with Gasteiger partial charge in [-0.3, -0.25) is 4.90 Å². The Kier molecular flexibility index (Phi) is 11.5. The van der Waals surface area contributed by atoms with E-state index in [0.717, 1.165) is 13.1 Å². The number of ether oxygens (including phenoxy) is 1. The molecule has 0 radical (unpaired) electrons. The van der Waals surface area contributed by atoms with Crippen LogP contribution >= 0.6 is 0 Å². The molecule has 1 unspecified atom stereocenters. The van der Waals surface area contributed by atoms with Gasteiger partial charge in [0, 0.05) is 6.08 Å². The van der Waals surface area contributed by atoms with Crippen molar-refractivity contribution in [1.29, 1.82) is 0 Å². The number of hydrogen-bond donors (Lipinski definition) is 0. The molecule has 1 aliphatic carbocycles. The van der Waals surface area contributed by atoms with Gasteiger partial charge in [-0.2, -0.15) is 4.79 Å². The minimum Gasteiger partial charge on any atom is -1.00 e. The van der Waals surface area contributed by atoms with Crippen molar-refractivity contribution in [3.05, 3.63) is 29.5 Å². The van der Waals surface area contributed by atoms with E-state index >= 15 is 0 Å². The minimum atomic E-state index is 0. The van der Waals surface area contributed by atoms with Crippen molar-refractivity contribution in [1.82, 2.24) is 4.90 Å².